The standard InChI is InChI=1S/C21H20N2O3/c1-26-18-13-11-17(12-14-18)23-21(25)19(15-22)20(24)10-6-5-9-16-7-3-2-4-8-16/h2-5,7-9,11-14,19H,6,10H2,1H3,(H,23,25). The summed E-state index contributed by atoms with van der Waals surface area (Å²) in [6.07, 6.45) is 4.38. The molecule has 132 valence electrons. The van der Waals surface area contributed by atoms with E-state index < -0.39 is 17.6 Å². The van der Waals surface area contributed by atoms with Crippen molar-refractivity contribution in [2.24, 2.45) is 5.92 Å². The molecule has 2 rings (SSSR count). The first-order valence-corrected chi connectivity index (χ1v) is 8.23. The summed E-state index contributed by atoms with van der Waals surface area (Å²) >= 11 is 0. The topological polar surface area (TPSA) is 79.2 Å². The molecule has 0 aromatic heterocycles. The number of Topliss-reactive ketones (excluding diaryl/α,β-unsaturated/α-hetero) is 1. The number of anilines is 1. The Labute approximate surface area is 152 Å². The van der Waals surface area contributed by atoms with Crippen LogP contribution in [0, 0.1) is 17.2 Å². The van der Waals surface area contributed by atoms with Gasteiger partial charge >= 0.3 is 0 Å². The van der Waals surface area contributed by atoms with E-state index >= 15 is 0 Å². The maximum absolute atomic E-state index is 12.2. The fourth-order valence-electron chi connectivity index (χ4n) is 2.32. The lowest BCUT2D eigenvalue weighted by atomic mass is 10.0. The van der Waals surface area contributed by atoms with Crippen molar-refractivity contribution in [3.63, 3.8) is 0 Å². The smallest absolute Gasteiger partial charge is 0.249 e. The molecule has 1 amide bonds. The first kappa shape index (κ1) is 18.9. The van der Waals surface area contributed by atoms with E-state index in [2.05, 4.69) is 5.32 Å². The van der Waals surface area contributed by atoms with Crippen molar-refractivity contribution >= 4 is 23.5 Å². The van der Waals surface area contributed by atoms with Crippen molar-refractivity contribution in [3.8, 4) is 11.8 Å². The molecule has 0 aliphatic rings. The highest BCUT2D eigenvalue weighted by atomic mass is 16.5. The zero-order valence-electron chi connectivity index (χ0n) is 14.5. The Bertz CT molecular complexity index is 805. The maximum atomic E-state index is 12.2. The van der Waals surface area contributed by atoms with Crippen LogP contribution in [0.2, 0.25) is 0 Å². The number of ether oxygens (including phenoxy) is 1. The van der Waals surface area contributed by atoms with Gasteiger partial charge < -0.3 is 10.1 Å². The summed E-state index contributed by atoms with van der Waals surface area (Å²) in [6, 6.07) is 18.2. The van der Waals surface area contributed by atoms with Crippen LogP contribution >= 0.6 is 0 Å². The van der Waals surface area contributed by atoms with E-state index in [0.717, 1.165) is 5.56 Å². The summed E-state index contributed by atoms with van der Waals surface area (Å²) in [5, 5.41) is 11.8. The fourth-order valence-corrected chi connectivity index (χ4v) is 2.32. The highest BCUT2D eigenvalue weighted by Gasteiger charge is 2.25. The van der Waals surface area contributed by atoms with Crippen molar-refractivity contribution in [3.05, 3.63) is 66.2 Å². The van der Waals surface area contributed by atoms with E-state index in [1.54, 1.807) is 37.4 Å². The van der Waals surface area contributed by atoms with E-state index in [1.807, 2.05) is 42.5 Å². The van der Waals surface area contributed by atoms with E-state index in [9.17, 15) is 14.9 Å². The largest absolute Gasteiger partial charge is 0.497 e. The number of methoxy groups -OCH3 is 1. The van der Waals surface area contributed by atoms with Crippen molar-refractivity contribution in [1.29, 1.82) is 5.26 Å². The Balaban J connectivity index is 1.87. The average Bonchev–Trinajstić information content (AvgIpc) is 2.67. The minimum Gasteiger partial charge on any atom is -0.497 e. The van der Waals surface area contributed by atoms with Gasteiger partial charge in [-0.25, -0.2) is 0 Å². The molecule has 0 saturated carbocycles. The number of hydrogen-bond donors (Lipinski definition) is 1. The molecular weight excluding hydrogens is 328 g/mol. The molecule has 0 heterocycles. The lowest BCUT2D eigenvalue weighted by molar-refractivity contribution is -0.128. The number of nitrogens with zero attached hydrogens (tertiary/aromatic N) is 1. The average molecular weight is 348 g/mol. The van der Waals surface area contributed by atoms with Crippen LogP contribution < -0.4 is 10.1 Å². The van der Waals surface area contributed by atoms with Crippen molar-refractivity contribution in [1.82, 2.24) is 0 Å². The van der Waals surface area contributed by atoms with Crippen LogP contribution in [0.25, 0.3) is 6.08 Å². The summed E-state index contributed by atoms with van der Waals surface area (Å²) in [6.45, 7) is 0. The van der Waals surface area contributed by atoms with Gasteiger partial charge in [-0.2, -0.15) is 5.26 Å². The third-order valence-corrected chi connectivity index (χ3v) is 3.74. The van der Waals surface area contributed by atoms with Crippen LogP contribution in [0.3, 0.4) is 0 Å². The van der Waals surface area contributed by atoms with E-state index in [1.165, 1.54) is 0 Å². The molecule has 1 atom stereocenters. The number of ketones is 1. The van der Waals surface area contributed by atoms with Crippen molar-refractivity contribution in [2.45, 2.75) is 12.8 Å². The Morgan fingerprint density at radius 1 is 1.15 bits per heavy atom. The molecule has 26 heavy (non-hydrogen) atoms. The number of carbonyl (C=O) groups is 2. The lowest BCUT2D eigenvalue weighted by Crippen LogP contribution is -2.28. The number of carbonyl (C=O) groups excluding carboxylic acids is 2. The molecule has 2 aromatic carbocycles. The van der Waals surface area contributed by atoms with Gasteiger partial charge in [0.15, 0.2) is 11.7 Å². The Morgan fingerprint density at radius 2 is 1.85 bits per heavy atom. The second-order valence-corrected chi connectivity index (χ2v) is 5.60. The van der Waals surface area contributed by atoms with Gasteiger partial charge in [0, 0.05) is 12.1 Å². The van der Waals surface area contributed by atoms with E-state index in [0.29, 0.717) is 17.9 Å². The van der Waals surface area contributed by atoms with Gasteiger partial charge in [-0.1, -0.05) is 42.5 Å². The molecule has 0 spiro atoms. The summed E-state index contributed by atoms with van der Waals surface area (Å²) < 4.78 is 5.04. The summed E-state index contributed by atoms with van der Waals surface area (Å²) in [5.74, 6) is -1.67. The maximum Gasteiger partial charge on any atom is 0.249 e. The van der Waals surface area contributed by atoms with Gasteiger partial charge in [0.25, 0.3) is 0 Å². The van der Waals surface area contributed by atoms with E-state index in [-0.39, 0.29) is 6.42 Å². The minimum atomic E-state index is -1.32. The number of amides is 1. The second kappa shape index (κ2) is 9.80. The first-order chi connectivity index (χ1) is 12.6. The van der Waals surface area contributed by atoms with Crippen LogP contribution in [-0.2, 0) is 9.59 Å². The molecule has 0 saturated heterocycles. The third-order valence-electron chi connectivity index (χ3n) is 3.74. The van der Waals surface area contributed by atoms with Crippen LogP contribution in [-0.4, -0.2) is 18.8 Å². The molecular formula is C21H20N2O3. The molecule has 0 aliphatic heterocycles. The number of benzene rings is 2. The highest BCUT2D eigenvalue weighted by molar-refractivity contribution is 6.09. The normalized spacial score (nSPS) is 11.5. The Morgan fingerprint density at radius 3 is 2.46 bits per heavy atom. The van der Waals surface area contributed by atoms with Crippen molar-refractivity contribution < 1.29 is 14.3 Å². The Kier molecular flexibility index (Phi) is 7.14. The number of hydrogen-bond acceptors (Lipinski definition) is 4. The summed E-state index contributed by atoms with van der Waals surface area (Å²) in [5.41, 5.74) is 1.54. The SMILES string of the molecule is COc1ccc(NC(=O)C(C#N)C(=O)CCC=Cc2ccccc2)cc1. The predicted molar refractivity (Wildman–Crippen MR) is 100 cm³/mol. The molecule has 2 aromatic rings. The molecule has 0 fully saturated rings. The first-order valence-electron chi connectivity index (χ1n) is 8.23. The third kappa shape index (κ3) is 5.60. The van der Waals surface area contributed by atoms with Gasteiger partial charge in [0.2, 0.25) is 5.91 Å². The van der Waals surface area contributed by atoms with Crippen molar-refractivity contribution in [2.75, 3.05) is 12.4 Å². The van der Waals surface area contributed by atoms with E-state index in [4.69, 9.17) is 4.74 Å². The molecule has 0 bridgehead atoms. The zero-order valence-corrected chi connectivity index (χ0v) is 14.5. The van der Waals surface area contributed by atoms with Gasteiger partial charge in [0.05, 0.1) is 13.2 Å². The highest BCUT2D eigenvalue weighted by Crippen LogP contribution is 2.16. The number of rotatable bonds is 8. The quantitative estimate of drug-likeness (QED) is 0.735. The Hall–Kier alpha value is -3.39. The lowest BCUT2D eigenvalue weighted by Gasteiger charge is -2.09. The number of allylic oxidation sites excluding steroid dienone is 1. The second-order valence-electron chi connectivity index (χ2n) is 5.60. The van der Waals surface area contributed by atoms with Gasteiger partial charge in [-0.05, 0) is 36.2 Å². The van der Waals surface area contributed by atoms with Crippen LogP contribution in [0.5, 0.6) is 5.75 Å². The van der Waals surface area contributed by atoms with Gasteiger partial charge in [0.1, 0.15) is 5.75 Å². The molecule has 0 aliphatic carbocycles. The minimum absolute atomic E-state index is 0.137. The molecule has 5 heteroatoms. The zero-order chi connectivity index (χ0) is 18.8. The molecule has 0 radical (unpaired) electrons. The summed E-state index contributed by atoms with van der Waals surface area (Å²) in [7, 11) is 1.55. The predicted octanol–water partition coefficient (Wildman–Crippen LogP) is 3.84. The van der Waals surface area contributed by atoms with Crippen LogP contribution in [0.15, 0.2) is 60.7 Å². The number of nitrogens with one attached hydrogen (secondary N) is 1. The van der Waals surface area contributed by atoms with Gasteiger partial charge in [-0.15, -0.1) is 0 Å². The molecule has 1 unspecified atom stereocenters. The van der Waals surface area contributed by atoms with Gasteiger partial charge in [-0.3, -0.25) is 9.59 Å². The fraction of sp³-hybridized carbons (Fsp3) is 0.190. The molecule has 5 nitrogen and oxygen atoms in total. The molecule has 1 N–H and O–H groups in total. The number of nitriles is 1. The van der Waals surface area contributed by atoms with Crippen LogP contribution in [0.4, 0.5) is 5.69 Å². The monoisotopic (exact) mass is 348 g/mol. The summed E-state index contributed by atoms with van der Waals surface area (Å²) in [4.78, 5) is 24.4. The van der Waals surface area contributed by atoms with Crippen LogP contribution in [0.1, 0.15) is 18.4 Å².